The summed E-state index contributed by atoms with van der Waals surface area (Å²) >= 11 is 12.2. The van der Waals surface area contributed by atoms with Gasteiger partial charge in [0.2, 0.25) is 5.91 Å². The van der Waals surface area contributed by atoms with Crippen LogP contribution in [0.5, 0.6) is 17.2 Å². The molecule has 0 unspecified atom stereocenters. The first-order valence-electron chi connectivity index (χ1n) is 19.7. The topological polar surface area (TPSA) is 153 Å². The molecule has 0 saturated heterocycles. The van der Waals surface area contributed by atoms with Gasteiger partial charge in [-0.05, 0) is 108 Å². The van der Waals surface area contributed by atoms with Crippen molar-refractivity contribution >= 4 is 41.0 Å². The molecule has 14 heteroatoms. The third-order valence-electron chi connectivity index (χ3n) is 11.1. The molecule has 12 nitrogen and oxygen atoms in total. The van der Waals surface area contributed by atoms with E-state index in [-0.39, 0.29) is 38.3 Å². The number of halogens is 2. The smallest absolute Gasteiger partial charge is 0.326 e. The van der Waals surface area contributed by atoms with E-state index >= 15 is 0 Å². The molecule has 2 aliphatic rings. The van der Waals surface area contributed by atoms with Crippen molar-refractivity contribution in [2.45, 2.75) is 71.9 Å². The van der Waals surface area contributed by atoms with E-state index in [9.17, 15) is 19.5 Å². The van der Waals surface area contributed by atoms with Gasteiger partial charge >= 0.3 is 5.97 Å². The summed E-state index contributed by atoms with van der Waals surface area (Å²) in [5.41, 5.74) is 8.00. The lowest BCUT2D eigenvalue weighted by Crippen LogP contribution is -2.56. The number of nitrogens with one attached hydrogen (secondary N) is 1. The molecule has 4 heterocycles. The molecule has 0 bridgehead atoms. The molecule has 0 fully saturated rings. The second-order valence-electron chi connectivity index (χ2n) is 15.3. The number of hydrogen-bond donors (Lipinski definition) is 2. The number of nitrogens with zero attached hydrogens (tertiary/aromatic N) is 3. The number of oxazole rings is 1. The highest BCUT2D eigenvalue weighted by atomic mass is 35.5. The molecule has 0 saturated carbocycles. The third kappa shape index (κ3) is 8.92. The number of benzene rings is 4. The highest BCUT2D eigenvalue weighted by Gasteiger charge is 2.39. The number of aryl methyl sites for hydroxylation is 3. The van der Waals surface area contributed by atoms with Crippen LogP contribution in [0, 0.1) is 27.7 Å². The molecule has 8 rings (SSSR count). The van der Waals surface area contributed by atoms with Gasteiger partial charge in [-0.1, -0.05) is 65.7 Å². The number of ether oxygens (including phenoxy) is 3. The lowest BCUT2D eigenvalue weighted by atomic mass is 9.91. The first kappa shape index (κ1) is 41.4. The number of rotatable bonds is 11. The fourth-order valence-electron chi connectivity index (χ4n) is 7.70. The minimum absolute atomic E-state index is 0.0179. The predicted octanol–water partition coefficient (Wildman–Crippen LogP) is 8.75. The van der Waals surface area contributed by atoms with Crippen LogP contribution in [-0.4, -0.2) is 56.4 Å². The van der Waals surface area contributed by atoms with E-state index in [1.165, 1.54) is 4.90 Å². The van der Waals surface area contributed by atoms with Gasteiger partial charge in [-0.25, -0.2) is 9.78 Å². The Bertz CT molecular complexity index is 2660. The number of fused-ring (bicyclic) bond motifs is 2. The van der Waals surface area contributed by atoms with Crippen molar-refractivity contribution in [2.24, 2.45) is 0 Å². The van der Waals surface area contributed by atoms with Crippen LogP contribution in [0.3, 0.4) is 0 Å². The van der Waals surface area contributed by atoms with Crippen LogP contribution in [0.25, 0.3) is 11.1 Å². The van der Waals surface area contributed by atoms with E-state index in [0.717, 1.165) is 50.2 Å². The van der Waals surface area contributed by atoms with E-state index in [2.05, 4.69) is 15.3 Å². The number of aromatic nitrogens is 2. The Labute approximate surface area is 362 Å². The van der Waals surface area contributed by atoms with Crippen molar-refractivity contribution in [3.8, 4) is 28.4 Å². The van der Waals surface area contributed by atoms with Gasteiger partial charge in [-0.15, -0.1) is 0 Å². The van der Waals surface area contributed by atoms with Crippen LogP contribution in [0.1, 0.15) is 67.3 Å². The van der Waals surface area contributed by atoms with Crippen LogP contribution < -0.4 is 19.5 Å². The molecule has 0 spiro atoms. The van der Waals surface area contributed by atoms with Gasteiger partial charge in [-0.2, -0.15) is 0 Å². The lowest BCUT2D eigenvalue weighted by Gasteiger charge is -2.37. The molecule has 3 atom stereocenters. The fraction of sp³-hybridized carbons (Fsp3) is 0.255. The second kappa shape index (κ2) is 17.3. The standard InChI is InChI=1S/C47H42Cl2N4O8/c1-25-26(2)50-15-14-36(25)31-11-8-29(9-12-31)17-39(47(56)57)52-45(54)40-19-33-20-41-42(21-34(33)22-53(40)46(55)44-27(3)60-28(4)51-44)61-43(24-59-41)32-6-5-7-35(18-32)58-23-30-10-13-37(48)38(49)16-30/h5-16,18,20-21,39-40,43H,17,19,22-24H2,1-4H3,(H,52,54)(H,56,57)/t39-,40-,43+/m0/s1. The molecule has 312 valence electrons. The number of pyridine rings is 1. The van der Waals surface area contributed by atoms with Gasteiger partial charge in [0.1, 0.15) is 36.8 Å². The molecule has 4 aromatic carbocycles. The van der Waals surface area contributed by atoms with Crippen LogP contribution in [-0.2, 0) is 35.6 Å². The van der Waals surface area contributed by atoms with E-state index in [1.807, 2.05) is 86.6 Å². The van der Waals surface area contributed by atoms with Crippen molar-refractivity contribution in [1.82, 2.24) is 20.2 Å². The van der Waals surface area contributed by atoms with Crippen LogP contribution in [0.15, 0.2) is 95.5 Å². The van der Waals surface area contributed by atoms with Crippen molar-refractivity contribution in [1.29, 1.82) is 0 Å². The number of amides is 2. The van der Waals surface area contributed by atoms with E-state index in [1.54, 1.807) is 32.2 Å². The average molecular weight is 862 g/mol. The number of carbonyl (C=O) groups is 3. The minimum atomic E-state index is -1.27. The van der Waals surface area contributed by atoms with Gasteiger partial charge in [0.05, 0.1) is 10.0 Å². The normalized spacial score (nSPS) is 16.1. The molecule has 2 N–H and O–H groups in total. The first-order chi connectivity index (χ1) is 29.3. The van der Waals surface area contributed by atoms with Crippen molar-refractivity contribution in [3.63, 3.8) is 0 Å². The highest BCUT2D eigenvalue weighted by Crippen LogP contribution is 2.41. The summed E-state index contributed by atoms with van der Waals surface area (Å²) in [7, 11) is 0. The Morgan fingerprint density at radius 2 is 1.69 bits per heavy atom. The fourth-order valence-corrected chi connectivity index (χ4v) is 8.02. The summed E-state index contributed by atoms with van der Waals surface area (Å²) in [5, 5.41) is 14.0. The van der Waals surface area contributed by atoms with E-state index < -0.39 is 36.0 Å². The van der Waals surface area contributed by atoms with Gasteiger partial charge in [-0.3, -0.25) is 14.6 Å². The summed E-state index contributed by atoms with van der Waals surface area (Å²) in [4.78, 5) is 51.2. The van der Waals surface area contributed by atoms with E-state index in [4.69, 9.17) is 41.8 Å². The maximum Gasteiger partial charge on any atom is 0.326 e. The summed E-state index contributed by atoms with van der Waals surface area (Å²) in [5.74, 6) is -0.110. The van der Waals surface area contributed by atoms with Gasteiger partial charge in [0, 0.05) is 38.2 Å². The molecule has 2 aliphatic heterocycles. The monoisotopic (exact) mass is 860 g/mol. The van der Waals surface area contributed by atoms with Gasteiger partial charge in [0.15, 0.2) is 29.2 Å². The minimum Gasteiger partial charge on any atom is -0.489 e. The van der Waals surface area contributed by atoms with Crippen molar-refractivity contribution in [2.75, 3.05) is 6.61 Å². The highest BCUT2D eigenvalue weighted by molar-refractivity contribution is 6.42. The number of carbonyl (C=O) groups excluding carboxylic acids is 2. The molecule has 2 amide bonds. The van der Waals surface area contributed by atoms with Crippen molar-refractivity contribution in [3.05, 3.63) is 158 Å². The summed E-state index contributed by atoms with van der Waals surface area (Å²) in [6.45, 7) is 7.76. The Kier molecular flexibility index (Phi) is 11.7. The molecule has 0 radical (unpaired) electrons. The Morgan fingerprint density at radius 1 is 0.918 bits per heavy atom. The second-order valence-corrected chi connectivity index (χ2v) is 16.1. The maximum absolute atomic E-state index is 14.2. The Balaban J connectivity index is 1.01. The zero-order chi connectivity index (χ0) is 42.9. The number of carboxylic acid groups (broad SMARTS) is 1. The molecular formula is C47H42Cl2N4O8. The first-order valence-corrected chi connectivity index (χ1v) is 20.5. The zero-order valence-electron chi connectivity index (χ0n) is 33.8. The molecular weight excluding hydrogens is 819 g/mol. The maximum atomic E-state index is 14.2. The lowest BCUT2D eigenvalue weighted by molar-refractivity contribution is -0.142. The van der Waals surface area contributed by atoms with E-state index in [0.29, 0.717) is 38.9 Å². The zero-order valence-corrected chi connectivity index (χ0v) is 35.3. The molecule has 61 heavy (non-hydrogen) atoms. The largest absolute Gasteiger partial charge is 0.489 e. The van der Waals surface area contributed by atoms with Gasteiger partial charge < -0.3 is 34.0 Å². The van der Waals surface area contributed by atoms with Crippen molar-refractivity contribution < 1.29 is 38.1 Å². The molecule has 6 aromatic rings. The molecule has 2 aromatic heterocycles. The predicted molar refractivity (Wildman–Crippen MR) is 228 cm³/mol. The Hall–Kier alpha value is -6.37. The third-order valence-corrected chi connectivity index (χ3v) is 11.9. The van der Waals surface area contributed by atoms with Crippen LogP contribution in [0.2, 0.25) is 10.0 Å². The number of aliphatic carboxylic acids is 1. The van der Waals surface area contributed by atoms with Gasteiger partial charge in [0.25, 0.3) is 5.91 Å². The quantitative estimate of drug-likeness (QED) is 0.129. The summed E-state index contributed by atoms with van der Waals surface area (Å²) in [6, 6.07) is 23.7. The molecule has 0 aliphatic carbocycles. The average Bonchev–Trinajstić information content (AvgIpc) is 3.60. The number of hydrogen-bond acceptors (Lipinski definition) is 9. The summed E-state index contributed by atoms with van der Waals surface area (Å²) in [6.07, 6.45) is 1.41. The SMILES string of the molecule is Cc1nc(C(=O)N2Cc3cc4c(cc3C[C@H]2C(=O)N[C@@H](Cc2ccc(-c3ccnc(C)c3C)cc2)C(=O)O)OC[C@H](c2cccc(OCc3ccc(Cl)c(Cl)c3)c2)O4)c(C)o1. The summed E-state index contributed by atoms with van der Waals surface area (Å²) < 4.78 is 24.4. The Morgan fingerprint density at radius 3 is 2.43 bits per heavy atom. The number of carboxylic acids is 1. The van der Waals surface area contributed by atoms with Crippen LogP contribution >= 0.6 is 23.2 Å². The van der Waals surface area contributed by atoms with Crippen LogP contribution in [0.4, 0.5) is 0 Å².